The third-order valence-electron chi connectivity index (χ3n) is 8.06. The molecule has 4 bridgehead atoms. The minimum absolute atomic E-state index is 0.0865. The van der Waals surface area contributed by atoms with E-state index in [-0.39, 0.29) is 30.6 Å². The van der Waals surface area contributed by atoms with Crippen molar-refractivity contribution >= 4 is 11.9 Å². The molecule has 29 heavy (non-hydrogen) atoms. The van der Waals surface area contributed by atoms with Crippen LogP contribution in [0.1, 0.15) is 64.2 Å². The van der Waals surface area contributed by atoms with E-state index in [1.807, 2.05) is 0 Å². The summed E-state index contributed by atoms with van der Waals surface area (Å²) in [5, 5.41) is 10.9. The molecule has 5 aliphatic carbocycles. The number of hydrogen-bond acceptors (Lipinski definition) is 7. The van der Waals surface area contributed by atoms with Crippen molar-refractivity contribution < 1.29 is 33.6 Å². The Balaban J connectivity index is 1.14. The Morgan fingerprint density at radius 2 is 1.79 bits per heavy atom. The van der Waals surface area contributed by atoms with Crippen LogP contribution < -0.4 is 0 Å². The van der Waals surface area contributed by atoms with Crippen molar-refractivity contribution in [1.29, 1.82) is 0 Å². The Morgan fingerprint density at radius 3 is 2.41 bits per heavy atom. The minimum Gasteiger partial charge on any atom is -0.469 e. The molecule has 1 heterocycles. The second-order valence-electron chi connectivity index (χ2n) is 10.3. The molecule has 0 radical (unpaired) electrons. The first-order valence-electron chi connectivity index (χ1n) is 11.1. The largest absolute Gasteiger partial charge is 0.469 e. The lowest BCUT2D eigenvalue weighted by Crippen LogP contribution is -2.58. The highest BCUT2D eigenvalue weighted by Crippen LogP contribution is 2.62. The molecule has 7 heteroatoms. The van der Waals surface area contributed by atoms with Gasteiger partial charge in [0.1, 0.15) is 12.7 Å². The molecular formula is C22H32O7. The van der Waals surface area contributed by atoms with E-state index in [2.05, 4.69) is 0 Å². The molecule has 3 unspecified atom stereocenters. The molecule has 0 aromatic heterocycles. The van der Waals surface area contributed by atoms with Crippen LogP contribution in [-0.4, -0.2) is 54.9 Å². The summed E-state index contributed by atoms with van der Waals surface area (Å²) in [5.74, 6) is -0.167. The molecule has 6 rings (SSSR count). The van der Waals surface area contributed by atoms with Gasteiger partial charge in [0.2, 0.25) is 0 Å². The third-order valence-corrected chi connectivity index (χ3v) is 8.06. The van der Waals surface area contributed by atoms with Crippen LogP contribution in [0.5, 0.6) is 0 Å². The quantitative estimate of drug-likeness (QED) is 0.714. The maximum Gasteiger partial charge on any atom is 0.312 e. The van der Waals surface area contributed by atoms with Gasteiger partial charge in [-0.1, -0.05) is 0 Å². The highest BCUT2D eigenvalue weighted by Gasteiger charge is 2.61. The van der Waals surface area contributed by atoms with Crippen LogP contribution in [0.25, 0.3) is 0 Å². The lowest BCUT2D eigenvalue weighted by Gasteiger charge is -2.58. The fourth-order valence-corrected chi connectivity index (χ4v) is 7.20. The second-order valence-corrected chi connectivity index (χ2v) is 10.3. The summed E-state index contributed by atoms with van der Waals surface area (Å²) in [4.78, 5) is 24.8. The molecule has 162 valence electrons. The van der Waals surface area contributed by atoms with Gasteiger partial charge >= 0.3 is 11.9 Å². The third kappa shape index (κ3) is 3.49. The normalized spacial score (nSPS) is 48.1. The highest BCUT2D eigenvalue weighted by molar-refractivity contribution is 5.78. The smallest absolute Gasteiger partial charge is 0.312 e. The van der Waals surface area contributed by atoms with E-state index in [4.69, 9.17) is 18.9 Å². The molecule has 6 aliphatic rings. The zero-order valence-electron chi connectivity index (χ0n) is 17.2. The summed E-state index contributed by atoms with van der Waals surface area (Å²) in [6, 6.07) is 0. The molecule has 1 N–H and O–H groups in total. The van der Waals surface area contributed by atoms with E-state index in [1.165, 1.54) is 7.11 Å². The number of esters is 2. The topological polar surface area (TPSA) is 91.3 Å². The van der Waals surface area contributed by atoms with Crippen molar-refractivity contribution in [3.05, 3.63) is 0 Å². The average Bonchev–Trinajstić information content (AvgIpc) is 3.06. The Hall–Kier alpha value is -1.18. The Bertz CT molecular complexity index is 667. The lowest BCUT2D eigenvalue weighted by molar-refractivity contribution is -0.208. The van der Waals surface area contributed by atoms with Gasteiger partial charge in [0, 0.05) is 12.8 Å². The Kier molecular flexibility index (Phi) is 4.72. The SMILES string of the molecule is COC(=O)C1CCC2(CC1)OCC(COC(=O)C13CC4CC(CC(O)(C4)C1)C3)O2. The minimum atomic E-state index is -0.668. The molecule has 0 aromatic rings. The number of hydrogen-bond donors (Lipinski definition) is 1. The van der Waals surface area contributed by atoms with Crippen molar-refractivity contribution in [3.8, 4) is 0 Å². The van der Waals surface area contributed by atoms with E-state index in [0.29, 0.717) is 50.5 Å². The number of ether oxygens (including phenoxy) is 4. The number of methoxy groups -OCH3 is 1. The van der Waals surface area contributed by atoms with Gasteiger partial charge in [-0.25, -0.2) is 0 Å². The van der Waals surface area contributed by atoms with Gasteiger partial charge in [0.15, 0.2) is 5.79 Å². The van der Waals surface area contributed by atoms with Gasteiger partial charge in [-0.3, -0.25) is 9.59 Å². The first-order chi connectivity index (χ1) is 13.8. The zero-order chi connectivity index (χ0) is 20.3. The molecule has 0 aromatic carbocycles. The Labute approximate surface area is 171 Å². The average molecular weight is 408 g/mol. The molecule has 6 fully saturated rings. The van der Waals surface area contributed by atoms with E-state index in [1.54, 1.807) is 0 Å². The maximum absolute atomic E-state index is 13.0. The van der Waals surface area contributed by atoms with Gasteiger partial charge in [0.25, 0.3) is 0 Å². The molecule has 0 amide bonds. The van der Waals surface area contributed by atoms with Crippen LogP contribution in [0.4, 0.5) is 0 Å². The van der Waals surface area contributed by atoms with Gasteiger partial charge in [-0.2, -0.15) is 0 Å². The fourth-order valence-electron chi connectivity index (χ4n) is 7.20. The van der Waals surface area contributed by atoms with Crippen LogP contribution in [0.2, 0.25) is 0 Å². The zero-order valence-corrected chi connectivity index (χ0v) is 17.2. The van der Waals surface area contributed by atoms with E-state index in [9.17, 15) is 14.7 Å². The van der Waals surface area contributed by atoms with Gasteiger partial charge in [-0.15, -0.1) is 0 Å². The summed E-state index contributed by atoms with van der Waals surface area (Å²) in [7, 11) is 1.42. The molecule has 5 saturated carbocycles. The van der Waals surface area contributed by atoms with Gasteiger partial charge in [-0.05, 0) is 63.2 Å². The molecule has 7 nitrogen and oxygen atoms in total. The van der Waals surface area contributed by atoms with Crippen molar-refractivity contribution in [2.24, 2.45) is 23.2 Å². The number of carbonyl (C=O) groups is 2. The standard InChI is InChI=1S/C22H32O7/c1-26-18(23)16-2-4-22(5-3-16)28-12-17(29-22)11-27-19(24)20-7-14-6-15(8-20)10-21(25,9-14)13-20/h14-17,25H,2-13H2,1H3. The molecular weight excluding hydrogens is 376 g/mol. The van der Waals surface area contributed by atoms with Crippen LogP contribution in [0.15, 0.2) is 0 Å². The summed E-state index contributed by atoms with van der Waals surface area (Å²) in [6.45, 7) is 0.592. The van der Waals surface area contributed by atoms with Gasteiger partial charge < -0.3 is 24.1 Å². The lowest BCUT2D eigenvalue weighted by atomic mass is 9.48. The summed E-state index contributed by atoms with van der Waals surface area (Å²) in [6.07, 6.45) is 7.48. The van der Waals surface area contributed by atoms with Crippen LogP contribution >= 0.6 is 0 Å². The Morgan fingerprint density at radius 1 is 1.10 bits per heavy atom. The van der Waals surface area contributed by atoms with Crippen molar-refractivity contribution in [2.75, 3.05) is 20.3 Å². The maximum atomic E-state index is 13.0. The first kappa shape index (κ1) is 19.8. The fraction of sp³-hybridized carbons (Fsp3) is 0.909. The summed E-state index contributed by atoms with van der Waals surface area (Å²) >= 11 is 0. The van der Waals surface area contributed by atoms with Crippen molar-refractivity contribution in [2.45, 2.75) is 81.7 Å². The summed E-state index contributed by atoms with van der Waals surface area (Å²) in [5.41, 5.74) is -1.17. The highest BCUT2D eigenvalue weighted by atomic mass is 16.8. The number of aliphatic hydroxyl groups is 1. The predicted molar refractivity (Wildman–Crippen MR) is 101 cm³/mol. The molecule has 1 saturated heterocycles. The van der Waals surface area contributed by atoms with Crippen molar-refractivity contribution in [1.82, 2.24) is 0 Å². The molecule has 1 spiro atoms. The molecule has 1 aliphatic heterocycles. The van der Waals surface area contributed by atoms with Crippen LogP contribution in [0.3, 0.4) is 0 Å². The van der Waals surface area contributed by atoms with Crippen LogP contribution in [-0.2, 0) is 28.5 Å². The number of rotatable bonds is 4. The first-order valence-corrected chi connectivity index (χ1v) is 11.1. The van der Waals surface area contributed by atoms with E-state index in [0.717, 1.165) is 32.1 Å². The van der Waals surface area contributed by atoms with E-state index >= 15 is 0 Å². The van der Waals surface area contributed by atoms with Gasteiger partial charge in [0.05, 0.1) is 30.7 Å². The molecule has 3 atom stereocenters. The van der Waals surface area contributed by atoms with Crippen molar-refractivity contribution in [3.63, 3.8) is 0 Å². The monoisotopic (exact) mass is 408 g/mol. The van der Waals surface area contributed by atoms with Crippen LogP contribution in [0, 0.1) is 23.2 Å². The number of carbonyl (C=O) groups excluding carboxylic acids is 2. The summed E-state index contributed by atoms with van der Waals surface area (Å²) < 4.78 is 22.7. The predicted octanol–water partition coefficient (Wildman–Crippen LogP) is 2.34. The second kappa shape index (κ2) is 6.92. The van der Waals surface area contributed by atoms with E-state index < -0.39 is 16.8 Å².